The molecule has 1 amide bonds. The predicted molar refractivity (Wildman–Crippen MR) is 66.6 cm³/mol. The third-order valence-electron chi connectivity index (χ3n) is 2.39. The minimum absolute atomic E-state index is 0.0867. The molecule has 0 aliphatic rings. The van der Waals surface area contributed by atoms with E-state index in [1.54, 1.807) is 6.92 Å². The van der Waals surface area contributed by atoms with Gasteiger partial charge in [-0.25, -0.2) is 4.39 Å². The number of hydrogen-bond acceptors (Lipinski definition) is 3. The van der Waals surface area contributed by atoms with Crippen molar-refractivity contribution in [1.29, 1.82) is 0 Å². The third-order valence-corrected chi connectivity index (χ3v) is 2.39. The molecule has 0 saturated heterocycles. The van der Waals surface area contributed by atoms with Gasteiger partial charge < -0.3 is 10.1 Å². The van der Waals surface area contributed by atoms with Crippen LogP contribution in [0.25, 0.3) is 0 Å². The van der Waals surface area contributed by atoms with Crippen molar-refractivity contribution in [1.82, 2.24) is 10.3 Å². The first-order chi connectivity index (χ1) is 8.49. The minimum atomic E-state index is -0.546. The lowest BCUT2D eigenvalue weighted by Crippen LogP contribution is -2.27. The van der Waals surface area contributed by atoms with E-state index >= 15 is 0 Å². The lowest BCUT2D eigenvalue weighted by atomic mass is 10.2. The van der Waals surface area contributed by atoms with Gasteiger partial charge in [0, 0.05) is 11.6 Å². The lowest BCUT2D eigenvalue weighted by molar-refractivity contribution is -0.117. The fourth-order valence-electron chi connectivity index (χ4n) is 1.28. The largest absolute Gasteiger partial charge is 0.494 e. The molecule has 1 unspecified atom stereocenters. The SMILES string of the molecule is C=CC(=C)C(=O)NC(C)c1cc(OC)c(F)cn1. The van der Waals surface area contributed by atoms with Crippen LogP contribution in [0.1, 0.15) is 18.7 Å². The Morgan fingerprint density at radius 3 is 2.89 bits per heavy atom. The number of halogens is 1. The van der Waals surface area contributed by atoms with E-state index < -0.39 is 5.82 Å². The Morgan fingerprint density at radius 2 is 2.33 bits per heavy atom. The molecule has 1 aromatic rings. The van der Waals surface area contributed by atoms with Crippen LogP contribution in [-0.4, -0.2) is 18.0 Å². The second-order valence-electron chi connectivity index (χ2n) is 3.67. The van der Waals surface area contributed by atoms with Crippen molar-refractivity contribution >= 4 is 5.91 Å². The summed E-state index contributed by atoms with van der Waals surface area (Å²) in [5.74, 6) is -0.804. The molecule has 0 saturated carbocycles. The topological polar surface area (TPSA) is 51.2 Å². The molecule has 1 N–H and O–H groups in total. The summed E-state index contributed by atoms with van der Waals surface area (Å²) in [6.07, 6.45) is 2.42. The van der Waals surface area contributed by atoms with E-state index in [4.69, 9.17) is 4.74 Å². The van der Waals surface area contributed by atoms with Gasteiger partial charge in [0.1, 0.15) is 0 Å². The van der Waals surface area contributed by atoms with E-state index in [1.807, 2.05) is 0 Å². The second-order valence-corrected chi connectivity index (χ2v) is 3.67. The number of pyridine rings is 1. The summed E-state index contributed by atoms with van der Waals surface area (Å²) in [7, 11) is 1.37. The molecule has 0 aromatic carbocycles. The molecule has 0 fully saturated rings. The Morgan fingerprint density at radius 1 is 1.67 bits per heavy atom. The normalized spacial score (nSPS) is 11.5. The molecule has 0 radical (unpaired) electrons. The molecule has 18 heavy (non-hydrogen) atoms. The zero-order chi connectivity index (χ0) is 13.7. The van der Waals surface area contributed by atoms with Crippen LogP contribution in [0.15, 0.2) is 37.1 Å². The highest BCUT2D eigenvalue weighted by molar-refractivity contribution is 5.95. The van der Waals surface area contributed by atoms with Gasteiger partial charge >= 0.3 is 0 Å². The van der Waals surface area contributed by atoms with Crippen LogP contribution < -0.4 is 10.1 Å². The van der Waals surface area contributed by atoms with Crippen LogP contribution in [0, 0.1) is 5.82 Å². The summed E-state index contributed by atoms with van der Waals surface area (Å²) in [5, 5.41) is 2.67. The molecule has 0 spiro atoms. The first-order valence-electron chi connectivity index (χ1n) is 5.31. The first-order valence-corrected chi connectivity index (χ1v) is 5.31. The third kappa shape index (κ3) is 3.16. The van der Waals surface area contributed by atoms with Crippen molar-refractivity contribution in [2.24, 2.45) is 0 Å². The highest BCUT2D eigenvalue weighted by atomic mass is 19.1. The Labute approximate surface area is 105 Å². The molecular weight excluding hydrogens is 235 g/mol. The predicted octanol–water partition coefficient (Wildman–Crippen LogP) is 2.15. The molecule has 1 rings (SSSR count). The van der Waals surface area contributed by atoms with Crippen molar-refractivity contribution in [3.63, 3.8) is 0 Å². The van der Waals surface area contributed by atoms with Crippen LogP contribution in [0.3, 0.4) is 0 Å². The van der Waals surface area contributed by atoms with E-state index in [-0.39, 0.29) is 23.3 Å². The number of carbonyl (C=O) groups is 1. The number of aromatic nitrogens is 1. The van der Waals surface area contributed by atoms with Gasteiger partial charge in [0.2, 0.25) is 0 Å². The lowest BCUT2D eigenvalue weighted by Gasteiger charge is -2.14. The average Bonchev–Trinajstić information content (AvgIpc) is 2.37. The van der Waals surface area contributed by atoms with E-state index in [9.17, 15) is 9.18 Å². The summed E-state index contributed by atoms with van der Waals surface area (Å²) >= 11 is 0. The monoisotopic (exact) mass is 250 g/mol. The number of hydrogen-bond donors (Lipinski definition) is 1. The molecule has 1 atom stereocenters. The molecular formula is C13H15FN2O2. The summed E-state index contributed by atoms with van der Waals surface area (Å²) < 4.78 is 18.0. The number of methoxy groups -OCH3 is 1. The van der Waals surface area contributed by atoms with Gasteiger partial charge in [0.15, 0.2) is 11.6 Å². The number of nitrogens with one attached hydrogen (secondary N) is 1. The van der Waals surface area contributed by atoms with Crippen molar-refractivity contribution in [3.05, 3.63) is 48.6 Å². The number of rotatable bonds is 5. The molecule has 96 valence electrons. The van der Waals surface area contributed by atoms with Gasteiger partial charge in [0.25, 0.3) is 5.91 Å². The Balaban J connectivity index is 2.84. The van der Waals surface area contributed by atoms with Crippen molar-refractivity contribution in [2.75, 3.05) is 7.11 Å². The van der Waals surface area contributed by atoms with Gasteiger partial charge in [-0.3, -0.25) is 9.78 Å². The number of ether oxygens (including phenoxy) is 1. The molecule has 1 heterocycles. The molecule has 0 aliphatic carbocycles. The van der Waals surface area contributed by atoms with Crippen LogP contribution in [0.5, 0.6) is 5.75 Å². The van der Waals surface area contributed by atoms with Crippen LogP contribution >= 0.6 is 0 Å². The number of amides is 1. The van der Waals surface area contributed by atoms with Gasteiger partial charge in [-0.2, -0.15) is 0 Å². The van der Waals surface area contributed by atoms with Crippen LogP contribution in [-0.2, 0) is 4.79 Å². The molecule has 5 heteroatoms. The summed E-state index contributed by atoms with van der Waals surface area (Å²) in [6, 6.07) is 1.06. The van der Waals surface area contributed by atoms with Gasteiger partial charge in [-0.05, 0) is 6.92 Å². The van der Waals surface area contributed by atoms with E-state index in [2.05, 4.69) is 23.5 Å². The zero-order valence-corrected chi connectivity index (χ0v) is 10.4. The second kappa shape index (κ2) is 5.95. The standard InChI is InChI=1S/C13H15FN2O2/c1-5-8(2)13(17)16-9(3)11-6-12(18-4)10(14)7-15-11/h5-7,9H,1-2H2,3-4H3,(H,16,17). The molecule has 4 nitrogen and oxygen atoms in total. The van der Waals surface area contributed by atoms with Gasteiger partial charge in [-0.1, -0.05) is 19.2 Å². The fraction of sp³-hybridized carbons (Fsp3) is 0.231. The average molecular weight is 250 g/mol. The fourth-order valence-corrected chi connectivity index (χ4v) is 1.28. The van der Waals surface area contributed by atoms with Crippen molar-refractivity contribution < 1.29 is 13.9 Å². The number of carbonyl (C=O) groups excluding carboxylic acids is 1. The van der Waals surface area contributed by atoms with Gasteiger partial charge in [-0.15, -0.1) is 0 Å². The minimum Gasteiger partial charge on any atom is -0.494 e. The van der Waals surface area contributed by atoms with Crippen molar-refractivity contribution in [3.8, 4) is 5.75 Å². The summed E-state index contributed by atoms with van der Waals surface area (Å²) in [4.78, 5) is 15.5. The Bertz CT molecular complexity index is 486. The van der Waals surface area contributed by atoms with Crippen LogP contribution in [0.4, 0.5) is 4.39 Å². The smallest absolute Gasteiger partial charge is 0.251 e. The quantitative estimate of drug-likeness (QED) is 0.643. The molecule has 0 bridgehead atoms. The van der Waals surface area contributed by atoms with E-state index in [0.717, 1.165) is 6.20 Å². The Hall–Kier alpha value is -2.17. The zero-order valence-electron chi connectivity index (χ0n) is 10.4. The molecule has 0 aliphatic heterocycles. The maximum absolute atomic E-state index is 13.2. The van der Waals surface area contributed by atoms with E-state index in [1.165, 1.54) is 19.3 Å². The van der Waals surface area contributed by atoms with Gasteiger partial charge in [0.05, 0.1) is 25.0 Å². The van der Waals surface area contributed by atoms with Crippen LogP contribution in [0.2, 0.25) is 0 Å². The van der Waals surface area contributed by atoms with E-state index in [0.29, 0.717) is 5.69 Å². The first kappa shape index (κ1) is 13.9. The highest BCUT2D eigenvalue weighted by Crippen LogP contribution is 2.20. The van der Waals surface area contributed by atoms with Crippen molar-refractivity contribution in [2.45, 2.75) is 13.0 Å². The molecule has 1 aromatic heterocycles. The maximum Gasteiger partial charge on any atom is 0.251 e. The summed E-state index contributed by atoms with van der Waals surface area (Å²) in [6.45, 7) is 8.72. The number of nitrogens with zero attached hydrogens (tertiary/aromatic N) is 1. The highest BCUT2D eigenvalue weighted by Gasteiger charge is 2.14. The Kier molecular flexibility index (Phi) is 4.59. The summed E-state index contributed by atoms with van der Waals surface area (Å²) in [5.41, 5.74) is 0.759. The maximum atomic E-state index is 13.2.